The molecule has 1 N–H and O–H groups in total. The molecule has 1 aromatic rings. The number of halogens is 2. The van der Waals surface area contributed by atoms with Crippen LogP contribution >= 0.6 is 23.2 Å². The minimum absolute atomic E-state index is 0.0615. The normalized spacial score (nSPS) is 12.2. The fourth-order valence-corrected chi connectivity index (χ4v) is 2.01. The zero-order valence-electron chi connectivity index (χ0n) is 10.8. The van der Waals surface area contributed by atoms with Gasteiger partial charge in [-0.3, -0.25) is 4.79 Å². The van der Waals surface area contributed by atoms with Crippen molar-refractivity contribution in [3.8, 4) is 0 Å². The molecular formula is C14H19Cl2NO. The maximum absolute atomic E-state index is 11.9. The minimum atomic E-state index is -0.0615. The monoisotopic (exact) mass is 287 g/mol. The third-order valence-corrected chi connectivity index (χ3v) is 3.87. The van der Waals surface area contributed by atoms with Gasteiger partial charge in [0.1, 0.15) is 0 Å². The van der Waals surface area contributed by atoms with Crippen molar-refractivity contribution < 1.29 is 4.79 Å². The van der Waals surface area contributed by atoms with E-state index in [1.165, 1.54) is 0 Å². The van der Waals surface area contributed by atoms with E-state index in [4.69, 9.17) is 23.2 Å². The maximum atomic E-state index is 11.9. The molecule has 0 heterocycles. The van der Waals surface area contributed by atoms with Gasteiger partial charge in [-0.15, -0.1) is 11.6 Å². The molecular weight excluding hydrogens is 269 g/mol. The van der Waals surface area contributed by atoms with Crippen LogP contribution in [0.4, 0.5) is 0 Å². The average Bonchev–Trinajstić information content (AvgIpc) is 2.37. The van der Waals surface area contributed by atoms with E-state index in [1.807, 2.05) is 6.92 Å². The number of alkyl halides is 1. The molecule has 0 spiro atoms. The molecule has 0 aliphatic heterocycles. The standard InChI is InChI=1S/C14H19Cl2NO/c1-10(9-15)5-4-8-17-14(18)12-6-3-7-13(16)11(12)2/h3,6-7,10H,4-5,8-9H2,1-2H3,(H,17,18). The molecule has 0 aliphatic carbocycles. The van der Waals surface area contributed by atoms with Crippen molar-refractivity contribution in [2.45, 2.75) is 26.7 Å². The topological polar surface area (TPSA) is 29.1 Å². The molecule has 0 saturated carbocycles. The number of carbonyl (C=O) groups is 1. The molecule has 0 saturated heterocycles. The predicted octanol–water partition coefficient (Wildman–Crippen LogP) is 4.03. The summed E-state index contributed by atoms with van der Waals surface area (Å²) < 4.78 is 0. The minimum Gasteiger partial charge on any atom is -0.352 e. The second-order valence-electron chi connectivity index (χ2n) is 4.57. The van der Waals surface area contributed by atoms with Gasteiger partial charge in [-0.25, -0.2) is 0 Å². The Balaban J connectivity index is 2.44. The quantitative estimate of drug-likeness (QED) is 0.621. The van der Waals surface area contributed by atoms with E-state index in [0.717, 1.165) is 18.4 Å². The summed E-state index contributed by atoms with van der Waals surface area (Å²) in [5.74, 6) is 1.10. The SMILES string of the molecule is Cc1c(Cl)cccc1C(=O)NCCCC(C)CCl. The summed E-state index contributed by atoms with van der Waals surface area (Å²) in [6.07, 6.45) is 1.97. The second-order valence-corrected chi connectivity index (χ2v) is 5.29. The summed E-state index contributed by atoms with van der Waals surface area (Å²) in [7, 11) is 0. The molecule has 1 atom stereocenters. The Kier molecular flexibility index (Phi) is 6.51. The molecule has 0 aliphatic rings. The third kappa shape index (κ3) is 4.51. The van der Waals surface area contributed by atoms with Gasteiger partial charge in [0, 0.05) is 23.0 Å². The van der Waals surface area contributed by atoms with E-state index >= 15 is 0 Å². The van der Waals surface area contributed by atoms with Crippen molar-refractivity contribution >= 4 is 29.1 Å². The van der Waals surface area contributed by atoms with Crippen molar-refractivity contribution in [1.82, 2.24) is 5.32 Å². The van der Waals surface area contributed by atoms with Crippen LogP contribution in [0.25, 0.3) is 0 Å². The van der Waals surface area contributed by atoms with Gasteiger partial charge in [-0.2, -0.15) is 0 Å². The van der Waals surface area contributed by atoms with Gasteiger partial charge in [-0.1, -0.05) is 24.6 Å². The van der Waals surface area contributed by atoms with Crippen LogP contribution in [0.1, 0.15) is 35.7 Å². The lowest BCUT2D eigenvalue weighted by molar-refractivity contribution is 0.0952. The molecule has 0 aromatic heterocycles. The first-order chi connectivity index (χ1) is 8.56. The number of rotatable bonds is 6. The Morgan fingerprint density at radius 3 is 2.83 bits per heavy atom. The molecule has 0 bridgehead atoms. The van der Waals surface area contributed by atoms with E-state index in [-0.39, 0.29) is 5.91 Å². The molecule has 1 amide bonds. The molecule has 1 rings (SSSR count). The largest absolute Gasteiger partial charge is 0.352 e. The molecule has 1 unspecified atom stereocenters. The highest BCUT2D eigenvalue weighted by Crippen LogP contribution is 2.18. The summed E-state index contributed by atoms with van der Waals surface area (Å²) in [6, 6.07) is 5.37. The first kappa shape index (κ1) is 15.3. The van der Waals surface area contributed by atoms with Crippen LogP contribution < -0.4 is 5.32 Å². The lowest BCUT2D eigenvalue weighted by Crippen LogP contribution is -2.25. The highest BCUT2D eigenvalue weighted by Gasteiger charge is 2.10. The summed E-state index contributed by atoms with van der Waals surface area (Å²) >= 11 is 11.7. The number of hydrogen-bond donors (Lipinski definition) is 1. The number of carbonyl (C=O) groups excluding carboxylic acids is 1. The molecule has 4 heteroatoms. The van der Waals surface area contributed by atoms with Crippen LogP contribution in [-0.4, -0.2) is 18.3 Å². The van der Waals surface area contributed by atoms with Gasteiger partial charge in [0.15, 0.2) is 0 Å². The Bertz CT molecular complexity index is 407. The van der Waals surface area contributed by atoms with Gasteiger partial charge in [0.2, 0.25) is 0 Å². The highest BCUT2D eigenvalue weighted by molar-refractivity contribution is 6.31. The lowest BCUT2D eigenvalue weighted by atomic mass is 10.1. The Labute approximate surface area is 119 Å². The summed E-state index contributed by atoms with van der Waals surface area (Å²) in [6.45, 7) is 4.63. The number of benzene rings is 1. The number of nitrogens with one attached hydrogen (secondary N) is 1. The lowest BCUT2D eigenvalue weighted by Gasteiger charge is -2.10. The Morgan fingerprint density at radius 1 is 1.44 bits per heavy atom. The Hall–Kier alpha value is -0.730. The highest BCUT2D eigenvalue weighted by atomic mass is 35.5. The summed E-state index contributed by atoms with van der Waals surface area (Å²) in [5, 5.41) is 3.53. The molecule has 1 aromatic carbocycles. The Morgan fingerprint density at radius 2 is 2.17 bits per heavy atom. The molecule has 0 radical (unpaired) electrons. The van der Waals surface area contributed by atoms with Crippen molar-refractivity contribution in [2.75, 3.05) is 12.4 Å². The maximum Gasteiger partial charge on any atom is 0.251 e. The van der Waals surface area contributed by atoms with Gasteiger partial charge in [0.05, 0.1) is 0 Å². The van der Waals surface area contributed by atoms with Crippen LogP contribution in [-0.2, 0) is 0 Å². The first-order valence-corrected chi connectivity index (χ1v) is 7.06. The van der Waals surface area contributed by atoms with E-state index in [1.54, 1.807) is 18.2 Å². The molecule has 100 valence electrons. The van der Waals surface area contributed by atoms with Crippen molar-refractivity contribution in [2.24, 2.45) is 5.92 Å². The van der Waals surface area contributed by atoms with Crippen LogP contribution in [0, 0.1) is 12.8 Å². The zero-order valence-corrected chi connectivity index (χ0v) is 12.3. The van der Waals surface area contributed by atoms with Crippen molar-refractivity contribution in [3.63, 3.8) is 0 Å². The average molecular weight is 288 g/mol. The number of amides is 1. The fraction of sp³-hybridized carbons (Fsp3) is 0.500. The van der Waals surface area contributed by atoms with Crippen LogP contribution in [0.2, 0.25) is 5.02 Å². The second kappa shape index (κ2) is 7.65. The van der Waals surface area contributed by atoms with Crippen LogP contribution in [0.5, 0.6) is 0 Å². The van der Waals surface area contributed by atoms with Gasteiger partial charge < -0.3 is 5.32 Å². The molecule has 2 nitrogen and oxygen atoms in total. The third-order valence-electron chi connectivity index (χ3n) is 2.93. The van der Waals surface area contributed by atoms with E-state index in [9.17, 15) is 4.79 Å². The van der Waals surface area contributed by atoms with Gasteiger partial charge in [0.25, 0.3) is 5.91 Å². The summed E-state index contributed by atoms with van der Waals surface area (Å²) in [5.41, 5.74) is 1.47. The van der Waals surface area contributed by atoms with Crippen LogP contribution in [0.3, 0.4) is 0 Å². The van der Waals surface area contributed by atoms with Gasteiger partial charge in [-0.05, 0) is 43.4 Å². The smallest absolute Gasteiger partial charge is 0.251 e. The van der Waals surface area contributed by atoms with E-state index < -0.39 is 0 Å². The zero-order chi connectivity index (χ0) is 13.5. The van der Waals surface area contributed by atoms with Crippen molar-refractivity contribution in [1.29, 1.82) is 0 Å². The fourth-order valence-electron chi connectivity index (χ4n) is 1.68. The summed E-state index contributed by atoms with van der Waals surface area (Å²) in [4.78, 5) is 11.9. The van der Waals surface area contributed by atoms with Crippen molar-refractivity contribution in [3.05, 3.63) is 34.3 Å². The van der Waals surface area contributed by atoms with E-state index in [0.29, 0.717) is 28.9 Å². The molecule has 0 fully saturated rings. The van der Waals surface area contributed by atoms with Crippen LogP contribution in [0.15, 0.2) is 18.2 Å². The molecule has 18 heavy (non-hydrogen) atoms. The number of hydrogen-bond acceptors (Lipinski definition) is 1. The predicted molar refractivity (Wildman–Crippen MR) is 77.6 cm³/mol. The van der Waals surface area contributed by atoms with Gasteiger partial charge >= 0.3 is 0 Å². The van der Waals surface area contributed by atoms with E-state index in [2.05, 4.69) is 12.2 Å². The first-order valence-electron chi connectivity index (χ1n) is 6.15.